The number of halogens is 3. The normalized spacial score (nSPS) is 31.1. The highest BCUT2D eigenvalue weighted by atomic mass is 19.4. The molecule has 0 spiro atoms. The van der Waals surface area contributed by atoms with E-state index in [2.05, 4.69) is 14.9 Å². The molecule has 0 amide bonds. The van der Waals surface area contributed by atoms with E-state index in [1.165, 1.54) is 4.80 Å². The van der Waals surface area contributed by atoms with E-state index >= 15 is 0 Å². The van der Waals surface area contributed by atoms with Crippen LogP contribution in [-0.4, -0.2) is 34.1 Å². The van der Waals surface area contributed by atoms with E-state index < -0.39 is 12.5 Å². The maximum Gasteiger partial charge on any atom is 0.522 e. The summed E-state index contributed by atoms with van der Waals surface area (Å²) in [6.45, 7) is 0.725. The van der Waals surface area contributed by atoms with Crippen LogP contribution in [0, 0.1) is 0 Å². The molecule has 1 aliphatic carbocycles. The highest BCUT2D eigenvalue weighted by Gasteiger charge is 2.41. The first-order valence-corrected chi connectivity index (χ1v) is 6.79. The van der Waals surface area contributed by atoms with Crippen molar-refractivity contribution in [2.75, 3.05) is 6.61 Å². The lowest BCUT2D eigenvalue weighted by atomic mass is 9.90. The Labute approximate surface area is 114 Å². The van der Waals surface area contributed by atoms with E-state index in [1.54, 1.807) is 6.20 Å². The minimum atomic E-state index is -4.56. The summed E-state index contributed by atoms with van der Waals surface area (Å²) < 4.78 is 45.6. The molecule has 1 saturated heterocycles. The quantitative estimate of drug-likeness (QED) is 0.859. The predicted molar refractivity (Wildman–Crippen MR) is 61.8 cm³/mol. The first kappa shape index (κ1) is 13.8. The van der Waals surface area contributed by atoms with Crippen molar-refractivity contribution in [3.05, 3.63) is 11.9 Å². The van der Waals surface area contributed by atoms with Crippen molar-refractivity contribution < 1.29 is 22.6 Å². The smallest absolute Gasteiger partial charge is 0.372 e. The van der Waals surface area contributed by atoms with E-state index in [0.29, 0.717) is 12.8 Å². The first-order valence-electron chi connectivity index (χ1n) is 6.79. The lowest BCUT2D eigenvalue weighted by Gasteiger charge is -2.34. The number of rotatable bonds is 3. The monoisotopic (exact) mass is 291 g/mol. The molecule has 1 aliphatic heterocycles. The van der Waals surface area contributed by atoms with Gasteiger partial charge in [-0.15, -0.1) is 13.2 Å². The Kier molecular flexibility index (Phi) is 3.68. The molecular weight excluding hydrogens is 275 g/mol. The van der Waals surface area contributed by atoms with Gasteiger partial charge in [-0.05, 0) is 32.1 Å². The highest BCUT2D eigenvalue weighted by molar-refractivity contribution is 4.99. The molecule has 8 heteroatoms. The fourth-order valence-electron chi connectivity index (χ4n) is 2.60. The second-order valence-electron chi connectivity index (χ2n) is 5.26. The average Bonchev–Trinajstić information content (AvgIpc) is 2.82. The molecule has 112 valence electrons. The van der Waals surface area contributed by atoms with Crippen molar-refractivity contribution in [1.82, 2.24) is 15.0 Å². The van der Waals surface area contributed by atoms with Gasteiger partial charge >= 0.3 is 6.36 Å². The molecule has 0 N–H and O–H groups in total. The summed E-state index contributed by atoms with van der Waals surface area (Å²) in [6.07, 6.45) is -0.0595. The molecule has 2 aliphatic rings. The summed E-state index contributed by atoms with van der Waals surface area (Å²) in [5.41, 5.74) is 0.768. The van der Waals surface area contributed by atoms with Crippen molar-refractivity contribution in [2.24, 2.45) is 0 Å². The van der Waals surface area contributed by atoms with Crippen LogP contribution >= 0.6 is 0 Å². The molecule has 1 aromatic heterocycles. The van der Waals surface area contributed by atoms with Crippen LogP contribution in [0.15, 0.2) is 6.20 Å². The van der Waals surface area contributed by atoms with Gasteiger partial charge in [-0.1, -0.05) is 0 Å². The highest BCUT2D eigenvalue weighted by Crippen LogP contribution is 2.37. The second-order valence-corrected chi connectivity index (χ2v) is 5.26. The number of aromatic nitrogens is 3. The maximum absolute atomic E-state index is 12.0. The van der Waals surface area contributed by atoms with Crippen LogP contribution in [0.1, 0.15) is 49.9 Å². The third-order valence-electron chi connectivity index (χ3n) is 3.73. The van der Waals surface area contributed by atoms with Crippen LogP contribution in [-0.2, 0) is 9.47 Å². The van der Waals surface area contributed by atoms with E-state index in [1.807, 2.05) is 0 Å². The molecule has 1 unspecified atom stereocenters. The number of nitrogens with zero attached hydrogens (tertiary/aromatic N) is 3. The van der Waals surface area contributed by atoms with Crippen LogP contribution < -0.4 is 0 Å². The van der Waals surface area contributed by atoms with Gasteiger partial charge in [-0.3, -0.25) is 4.74 Å². The Hall–Kier alpha value is -1.15. The third-order valence-corrected chi connectivity index (χ3v) is 3.73. The summed E-state index contributed by atoms with van der Waals surface area (Å²) in [4.78, 5) is 1.49. The predicted octanol–water partition coefficient (Wildman–Crippen LogP) is 2.76. The zero-order chi connectivity index (χ0) is 14.2. The largest absolute Gasteiger partial charge is 0.522 e. The molecule has 3 rings (SSSR count). The summed E-state index contributed by atoms with van der Waals surface area (Å²) in [5.74, 6) is 0. The minimum absolute atomic E-state index is 0.0280. The number of alkyl halides is 3. The Bertz CT molecular complexity index is 451. The van der Waals surface area contributed by atoms with Gasteiger partial charge in [-0.2, -0.15) is 15.0 Å². The van der Waals surface area contributed by atoms with Crippen LogP contribution in [0.2, 0.25) is 0 Å². The minimum Gasteiger partial charge on any atom is -0.372 e. The fourth-order valence-corrected chi connectivity index (χ4v) is 2.60. The molecule has 1 atom stereocenters. The van der Waals surface area contributed by atoms with Crippen LogP contribution in [0.5, 0.6) is 0 Å². The lowest BCUT2D eigenvalue weighted by Crippen LogP contribution is -2.38. The Morgan fingerprint density at radius 2 is 2.10 bits per heavy atom. The van der Waals surface area contributed by atoms with Gasteiger partial charge in [-0.25, -0.2) is 0 Å². The van der Waals surface area contributed by atoms with Crippen molar-refractivity contribution in [3.63, 3.8) is 0 Å². The van der Waals surface area contributed by atoms with E-state index in [4.69, 9.17) is 4.74 Å². The van der Waals surface area contributed by atoms with E-state index in [9.17, 15) is 13.2 Å². The average molecular weight is 291 g/mol. The van der Waals surface area contributed by atoms with Gasteiger partial charge < -0.3 is 4.74 Å². The van der Waals surface area contributed by atoms with Gasteiger partial charge in [0.25, 0.3) is 0 Å². The number of hydrogen-bond acceptors (Lipinski definition) is 4. The fraction of sp³-hybridized carbons (Fsp3) is 0.833. The van der Waals surface area contributed by atoms with E-state index in [-0.39, 0.29) is 12.1 Å². The second kappa shape index (κ2) is 5.33. The van der Waals surface area contributed by atoms with Gasteiger partial charge in [0.15, 0.2) is 0 Å². The Balaban J connectivity index is 1.53. The molecule has 0 aromatic carbocycles. The molecule has 5 nitrogen and oxygen atoms in total. The third kappa shape index (κ3) is 3.12. The van der Waals surface area contributed by atoms with Crippen LogP contribution in [0.4, 0.5) is 13.2 Å². The molecule has 20 heavy (non-hydrogen) atoms. The number of ether oxygens (including phenoxy) is 2. The summed E-state index contributed by atoms with van der Waals surface area (Å²) >= 11 is 0. The molecule has 1 saturated carbocycles. The van der Waals surface area contributed by atoms with Crippen molar-refractivity contribution >= 4 is 0 Å². The topological polar surface area (TPSA) is 49.2 Å². The van der Waals surface area contributed by atoms with Crippen molar-refractivity contribution in [3.8, 4) is 0 Å². The SMILES string of the molecule is FC(F)(F)OC1CC(n2ncc(C3CCCCO3)n2)C1. The Morgan fingerprint density at radius 3 is 2.75 bits per heavy atom. The molecular formula is C12H16F3N3O2. The van der Waals surface area contributed by atoms with Crippen molar-refractivity contribution in [2.45, 2.75) is 56.7 Å². The molecule has 0 bridgehead atoms. The van der Waals surface area contributed by atoms with Crippen LogP contribution in [0.3, 0.4) is 0 Å². The molecule has 0 radical (unpaired) electrons. The zero-order valence-corrected chi connectivity index (χ0v) is 10.8. The van der Waals surface area contributed by atoms with E-state index in [0.717, 1.165) is 31.6 Å². The van der Waals surface area contributed by atoms with Gasteiger partial charge in [0.2, 0.25) is 0 Å². The van der Waals surface area contributed by atoms with Gasteiger partial charge in [0, 0.05) is 6.61 Å². The van der Waals surface area contributed by atoms with Gasteiger partial charge in [0.05, 0.1) is 18.3 Å². The zero-order valence-electron chi connectivity index (χ0n) is 10.8. The van der Waals surface area contributed by atoms with Gasteiger partial charge in [0.1, 0.15) is 11.8 Å². The molecule has 2 fully saturated rings. The summed E-state index contributed by atoms with van der Waals surface area (Å²) in [7, 11) is 0. The van der Waals surface area contributed by atoms with Crippen molar-refractivity contribution in [1.29, 1.82) is 0 Å². The maximum atomic E-state index is 12.0. The Morgan fingerprint density at radius 1 is 1.30 bits per heavy atom. The molecule has 2 heterocycles. The van der Waals surface area contributed by atoms with Crippen LogP contribution in [0.25, 0.3) is 0 Å². The summed E-state index contributed by atoms with van der Waals surface area (Å²) in [6, 6.07) is -0.111. The number of hydrogen-bond donors (Lipinski definition) is 0. The first-order chi connectivity index (χ1) is 9.51. The standard InChI is InChI=1S/C12H16F3N3O2/c13-12(14,15)20-9-5-8(6-9)18-16-7-10(17-18)11-3-1-2-4-19-11/h7-9,11H,1-6H2. The lowest BCUT2D eigenvalue weighted by molar-refractivity contribution is -0.353. The molecule has 1 aromatic rings. The summed E-state index contributed by atoms with van der Waals surface area (Å²) in [5, 5.41) is 8.46.